The summed E-state index contributed by atoms with van der Waals surface area (Å²) < 4.78 is 0. The van der Waals surface area contributed by atoms with Crippen LogP contribution in [-0.4, -0.2) is 52.9 Å². The minimum Gasteiger partial charge on any atom is -0.481 e. The highest BCUT2D eigenvalue weighted by Gasteiger charge is 2.26. The number of aliphatic hydroxyl groups excluding tert-OH is 1. The van der Waals surface area contributed by atoms with E-state index in [1.165, 1.54) is 0 Å². The number of aliphatic carboxylic acids is 1. The Bertz CT molecular complexity index is 322. The van der Waals surface area contributed by atoms with Crippen molar-refractivity contribution >= 4 is 12.0 Å². The average molecular weight is 286 g/mol. The number of carboxylic acids is 1. The van der Waals surface area contributed by atoms with E-state index in [2.05, 4.69) is 5.32 Å². The van der Waals surface area contributed by atoms with Gasteiger partial charge < -0.3 is 20.4 Å². The Morgan fingerprint density at radius 3 is 2.60 bits per heavy atom. The summed E-state index contributed by atoms with van der Waals surface area (Å²) in [6, 6.07) is -0.110. The molecule has 1 rings (SSSR count). The number of amides is 2. The number of aliphatic hydroxyl groups is 1. The summed E-state index contributed by atoms with van der Waals surface area (Å²) in [6.45, 7) is 3.71. The van der Waals surface area contributed by atoms with Crippen LogP contribution in [0.5, 0.6) is 0 Å². The standard InChI is InChI=1S/C14H26N2O4/c1-11-7-9-16(10-12(11)17)14(20)15-8-5-3-2-4-6-13(18)19/h11-12,17H,2-10H2,1H3,(H,15,20)(H,18,19). The Hall–Kier alpha value is -1.30. The highest BCUT2D eigenvalue weighted by atomic mass is 16.4. The highest BCUT2D eigenvalue weighted by Crippen LogP contribution is 2.16. The molecular weight excluding hydrogens is 260 g/mol. The smallest absolute Gasteiger partial charge is 0.317 e. The van der Waals surface area contributed by atoms with E-state index in [-0.39, 0.29) is 18.4 Å². The van der Waals surface area contributed by atoms with Crippen molar-refractivity contribution in [2.75, 3.05) is 19.6 Å². The molecule has 1 saturated heterocycles. The molecule has 0 spiro atoms. The first-order chi connectivity index (χ1) is 9.50. The number of nitrogens with one attached hydrogen (secondary N) is 1. The summed E-state index contributed by atoms with van der Waals surface area (Å²) in [5, 5.41) is 21.1. The van der Waals surface area contributed by atoms with E-state index in [9.17, 15) is 14.7 Å². The number of hydrogen-bond donors (Lipinski definition) is 3. The molecule has 0 saturated carbocycles. The maximum absolute atomic E-state index is 11.9. The molecule has 0 bridgehead atoms. The molecule has 2 atom stereocenters. The molecule has 1 heterocycles. The molecule has 0 aromatic rings. The van der Waals surface area contributed by atoms with Crippen LogP contribution in [0.2, 0.25) is 0 Å². The number of unbranched alkanes of at least 4 members (excludes halogenated alkanes) is 3. The van der Waals surface area contributed by atoms with E-state index in [0.29, 0.717) is 26.1 Å². The zero-order valence-corrected chi connectivity index (χ0v) is 12.2. The molecule has 1 aliphatic heterocycles. The minimum absolute atomic E-state index is 0.110. The lowest BCUT2D eigenvalue weighted by molar-refractivity contribution is -0.137. The largest absolute Gasteiger partial charge is 0.481 e. The van der Waals surface area contributed by atoms with Gasteiger partial charge in [-0.2, -0.15) is 0 Å². The molecule has 116 valence electrons. The molecule has 0 aliphatic carbocycles. The molecule has 6 heteroatoms. The normalized spacial score (nSPS) is 22.6. The van der Waals surface area contributed by atoms with Crippen molar-refractivity contribution in [3.8, 4) is 0 Å². The van der Waals surface area contributed by atoms with Gasteiger partial charge in [0.2, 0.25) is 0 Å². The third-order valence-electron chi connectivity index (χ3n) is 3.80. The molecule has 2 unspecified atom stereocenters. The minimum atomic E-state index is -0.754. The predicted molar refractivity (Wildman–Crippen MR) is 75.5 cm³/mol. The molecule has 0 aromatic heterocycles. The monoisotopic (exact) mass is 286 g/mol. The van der Waals surface area contributed by atoms with Gasteiger partial charge in [-0.3, -0.25) is 4.79 Å². The van der Waals surface area contributed by atoms with Gasteiger partial charge in [0.25, 0.3) is 0 Å². The Morgan fingerprint density at radius 1 is 1.25 bits per heavy atom. The number of likely N-dealkylation sites (tertiary alicyclic amines) is 1. The van der Waals surface area contributed by atoms with E-state index >= 15 is 0 Å². The highest BCUT2D eigenvalue weighted by molar-refractivity contribution is 5.74. The topological polar surface area (TPSA) is 89.9 Å². The van der Waals surface area contributed by atoms with E-state index in [1.807, 2.05) is 6.92 Å². The quantitative estimate of drug-likeness (QED) is 0.618. The third-order valence-corrected chi connectivity index (χ3v) is 3.80. The molecule has 0 radical (unpaired) electrons. The van der Waals surface area contributed by atoms with Gasteiger partial charge in [-0.1, -0.05) is 19.8 Å². The Morgan fingerprint density at radius 2 is 1.95 bits per heavy atom. The zero-order chi connectivity index (χ0) is 15.0. The maximum Gasteiger partial charge on any atom is 0.317 e. The number of carbonyl (C=O) groups is 2. The van der Waals surface area contributed by atoms with Crippen molar-refractivity contribution in [2.45, 2.75) is 51.6 Å². The van der Waals surface area contributed by atoms with Crippen molar-refractivity contribution < 1.29 is 19.8 Å². The van der Waals surface area contributed by atoms with Crippen molar-refractivity contribution in [3.05, 3.63) is 0 Å². The van der Waals surface area contributed by atoms with Crippen LogP contribution in [0.1, 0.15) is 45.4 Å². The lowest BCUT2D eigenvalue weighted by Crippen LogP contribution is -2.49. The second-order valence-corrected chi connectivity index (χ2v) is 5.57. The summed E-state index contributed by atoms with van der Waals surface area (Å²) in [5.74, 6) is -0.496. The van der Waals surface area contributed by atoms with Crippen LogP contribution in [0.25, 0.3) is 0 Å². The lowest BCUT2D eigenvalue weighted by atomic mass is 9.96. The van der Waals surface area contributed by atoms with Crippen LogP contribution in [0.4, 0.5) is 4.79 Å². The van der Waals surface area contributed by atoms with Crippen molar-refractivity contribution in [2.24, 2.45) is 5.92 Å². The number of urea groups is 1. The molecule has 0 aromatic carbocycles. The SMILES string of the molecule is CC1CCN(C(=O)NCCCCCCC(=O)O)CC1O. The van der Waals surface area contributed by atoms with Gasteiger partial charge in [0.1, 0.15) is 0 Å². The van der Waals surface area contributed by atoms with E-state index in [4.69, 9.17) is 5.11 Å². The van der Waals surface area contributed by atoms with Crippen LogP contribution in [0.3, 0.4) is 0 Å². The van der Waals surface area contributed by atoms with Crippen molar-refractivity contribution in [1.29, 1.82) is 0 Å². The van der Waals surface area contributed by atoms with E-state index in [1.54, 1.807) is 4.90 Å². The predicted octanol–water partition coefficient (Wildman–Crippen LogP) is 1.43. The average Bonchev–Trinajstić information content (AvgIpc) is 2.40. The van der Waals surface area contributed by atoms with Gasteiger partial charge in [0, 0.05) is 26.1 Å². The molecule has 6 nitrogen and oxygen atoms in total. The number of carboxylic acid groups (broad SMARTS) is 1. The molecule has 1 fully saturated rings. The van der Waals surface area contributed by atoms with Gasteiger partial charge in [0.05, 0.1) is 6.10 Å². The van der Waals surface area contributed by atoms with Crippen LogP contribution >= 0.6 is 0 Å². The van der Waals surface area contributed by atoms with Crippen LogP contribution < -0.4 is 5.32 Å². The summed E-state index contributed by atoms with van der Waals surface area (Å²) >= 11 is 0. The lowest BCUT2D eigenvalue weighted by Gasteiger charge is -2.34. The van der Waals surface area contributed by atoms with Crippen molar-refractivity contribution in [3.63, 3.8) is 0 Å². The summed E-state index contributed by atoms with van der Waals surface area (Å²) in [5.41, 5.74) is 0. The molecule has 20 heavy (non-hydrogen) atoms. The number of piperidine rings is 1. The molecule has 1 aliphatic rings. The fourth-order valence-corrected chi connectivity index (χ4v) is 2.30. The van der Waals surface area contributed by atoms with Crippen LogP contribution in [0, 0.1) is 5.92 Å². The summed E-state index contributed by atoms with van der Waals surface area (Å²) in [7, 11) is 0. The maximum atomic E-state index is 11.9. The van der Waals surface area contributed by atoms with E-state index < -0.39 is 12.1 Å². The number of β-amino-alcohol motifs (C(OH)–C–C–N with tert-alkyl or cyclic N) is 1. The fourth-order valence-electron chi connectivity index (χ4n) is 2.30. The first-order valence-corrected chi connectivity index (χ1v) is 7.43. The second kappa shape index (κ2) is 8.79. The summed E-state index contributed by atoms with van der Waals surface area (Å²) in [6.07, 6.45) is 3.98. The number of carbonyl (C=O) groups excluding carboxylic acids is 1. The second-order valence-electron chi connectivity index (χ2n) is 5.57. The van der Waals surface area contributed by atoms with Gasteiger partial charge in [-0.15, -0.1) is 0 Å². The molecular formula is C14H26N2O4. The Balaban J connectivity index is 2.04. The van der Waals surface area contributed by atoms with E-state index in [0.717, 1.165) is 25.7 Å². The fraction of sp³-hybridized carbons (Fsp3) is 0.857. The van der Waals surface area contributed by atoms with Gasteiger partial charge in [-0.25, -0.2) is 4.79 Å². The third kappa shape index (κ3) is 6.23. The van der Waals surface area contributed by atoms with Gasteiger partial charge >= 0.3 is 12.0 Å². The zero-order valence-electron chi connectivity index (χ0n) is 12.2. The van der Waals surface area contributed by atoms with Crippen LogP contribution in [-0.2, 0) is 4.79 Å². The number of hydrogen-bond acceptors (Lipinski definition) is 3. The van der Waals surface area contributed by atoms with Crippen LogP contribution in [0.15, 0.2) is 0 Å². The molecule has 2 amide bonds. The molecule has 3 N–H and O–H groups in total. The number of rotatable bonds is 7. The number of nitrogens with zero attached hydrogens (tertiary/aromatic N) is 1. The first-order valence-electron chi connectivity index (χ1n) is 7.43. The Labute approximate surface area is 120 Å². The first kappa shape index (κ1) is 16.8. The Kier molecular flexibility index (Phi) is 7.36. The summed E-state index contributed by atoms with van der Waals surface area (Å²) in [4.78, 5) is 23.8. The van der Waals surface area contributed by atoms with Gasteiger partial charge in [-0.05, 0) is 25.2 Å². The van der Waals surface area contributed by atoms with Crippen molar-refractivity contribution in [1.82, 2.24) is 10.2 Å². The van der Waals surface area contributed by atoms with Gasteiger partial charge in [0.15, 0.2) is 0 Å².